The monoisotopic (exact) mass is 476 g/mol. The highest BCUT2D eigenvalue weighted by molar-refractivity contribution is 6.14. The van der Waals surface area contributed by atoms with Crippen LogP contribution in [-0.2, 0) is 4.79 Å². The number of hydrogen-bond acceptors (Lipinski definition) is 5. The van der Waals surface area contributed by atoms with Gasteiger partial charge in [0.2, 0.25) is 5.91 Å². The molecule has 4 rings (SSSR count). The maximum atomic E-state index is 13.9. The first-order chi connectivity index (χ1) is 16.1. The number of H-pyrrole nitrogens is 1. The van der Waals surface area contributed by atoms with Crippen molar-refractivity contribution in [2.75, 3.05) is 20.8 Å². The number of methoxy groups -OCH3 is 2. The Hall–Kier alpha value is -3.76. The van der Waals surface area contributed by atoms with E-state index in [4.69, 9.17) is 9.47 Å². The van der Waals surface area contributed by atoms with Gasteiger partial charge in [0.25, 0.3) is 5.56 Å². The second kappa shape index (κ2) is 8.54. The van der Waals surface area contributed by atoms with E-state index in [1.165, 1.54) is 24.9 Å². The van der Waals surface area contributed by atoms with Crippen molar-refractivity contribution in [2.24, 2.45) is 5.92 Å². The van der Waals surface area contributed by atoms with Crippen LogP contribution in [0.2, 0.25) is 0 Å². The Bertz CT molecular complexity index is 1460. The number of halogens is 3. The average Bonchev–Trinajstić information content (AvgIpc) is 3.27. The molecule has 0 aliphatic carbocycles. The topological polar surface area (TPSA) is 98.2 Å². The highest BCUT2D eigenvalue weighted by atomic mass is 19.4. The van der Waals surface area contributed by atoms with Crippen LogP contribution in [0.1, 0.15) is 19.9 Å². The molecule has 3 aromatic heterocycles. The Morgan fingerprint density at radius 1 is 1.12 bits per heavy atom. The molecule has 180 valence electrons. The number of carbonyl (C=O) groups excluding carboxylic acids is 1. The second-order valence-electron chi connectivity index (χ2n) is 8.21. The van der Waals surface area contributed by atoms with Crippen molar-refractivity contribution in [3.05, 3.63) is 40.9 Å². The molecule has 11 heteroatoms. The van der Waals surface area contributed by atoms with Crippen LogP contribution in [-0.4, -0.2) is 47.4 Å². The van der Waals surface area contributed by atoms with Gasteiger partial charge in [0.05, 0.1) is 25.1 Å². The molecule has 0 saturated heterocycles. The Kier molecular flexibility index (Phi) is 5.88. The summed E-state index contributed by atoms with van der Waals surface area (Å²) >= 11 is 0. The molecule has 3 heterocycles. The van der Waals surface area contributed by atoms with Gasteiger partial charge in [0.15, 0.2) is 11.5 Å². The van der Waals surface area contributed by atoms with Crippen LogP contribution in [0.3, 0.4) is 0 Å². The summed E-state index contributed by atoms with van der Waals surface area (Å²) in [6, 6.07) is 3.64. The van der Waals surface area contributed by atoms with E-state index in [-0.39, 0.29) is 5.39 Å². The first-order valence-corrected chi connectivity index (χ1v) is 10.5. The van der Waals surface area contributed by atoms with Crippen molar-refractivity contribution in [2.45, 2.75) is 26.1 Å². The number of benzene rings is 1. The van der Waals surface area contributed by atoms with Crippen LogP contribution in [0, 0.1) is 5.92 Å². The summed E-state index contributed by atoms with van der Waals surface area (Å²) in [6.07, 6.45) is -1.39. The first kappa shape index (κ1) is 23.4. The molecule has 4 aromatic rings. The maximum absolute atomic E-state index is 13.9. The van der Waals surface area contributed by atoms with Gasteiger partial charge in [-0.3, -0.25) is 14.2 Å². The Labute approximate surface area is 191 Å². The van der Waals surface area contributed by atoms with Crippen molar-refractivity contribution in [1.82, 2.24) is 19.9 Å². The molecule has 34 heavy (non-hydrogen) atoms. The van der Waals surface area contributed by atoms with Gasteiger partial charge >= 0.3 is 6.18 Å². The molecule has 1 aromatic carbocycles. The lowest BCUT2D eigenvalue weighted by Crippen LogP contribution is -2.43. The van der Waals surface area contributed by atoms with Crippen molar-refractivity contribution < 1.29 is 27.4 Å². The predicted molar refractivity (Wildman–Crippen MR) is 121 cm³/mol. The second-order valence-corrected chi connectivity index (χ2v) is 8.21. The molecular formula is C23H23F3N4O4. The summed E-state index contributed by atoms with van der Waals surface area (Å²) in [4.78, 5) is 34.3. The molecule has 0 fully saturated rings. The van der Waals surface area contributed by atoms with Gasteiger partial charge in [0.1, 0.15) is 18.2 Å². The molecule has 0 bridgehead atoms. The third-order valence-electron chi connectivity index (χ3n) is 5.70. The minimum atomic E-state index is -4.59. The van der Waals surface area contributed by atoms with Gasteiger partial charge in [-0.15, -0.1) is 0 Å². The van der Waals surface area contributed by atoms with Crippen LogP contribution in [0.25, 0.3) is 32.7 Å². The van der Waals surface area contributed by atoms with E-state index in [1.807, 2.05) is 5.32 Å². The number of rotatable bonds is 6. The lowest BCUT2D eigenvalue weighted by atomic mass is 9.99. The van der Waals surface area contributed by atoms with Crippen LogP contribution < -0.4 is 20.3 Å². The van der Waals surface area contributed by atoms with E-state index in [9.17, 15) is 22.8 Å². The number of nitrogens with zero attached hydrogens (tertiary/aromatic N) is 2. The average molecular weight is 476 g/mol. The number of aromatic nitrogens is 3. The zero-order valence-corrected chi connectivity index (χ0v) is 18.9. The van der Waals surface area contributed by atoms with Crippen molar-refractivity contribution >= 4 is 38.6 Å². The van der Waals surface area contributed by atoms with Gasteiger partial charge < -0.3 is 19.8 Å². The zero-order chi connectivity index (χ0) is 24.8. The zero-order valence-electron chi connectivity index (χ0n) is 18.9. The van der Waals surface area contributed by atoms with Crippen molar-refractivity contribution in [1.29, 1.82) is 0 Å². The summed E-state index contributed by atoms with van der Waals surface area (Å²) in [5.74, 6) is -0.716. The van der Waals surface area contributed by atoms with E-state index in [0.717, 1.165) is 0 Å². The fraction of sp³-hybridized carbons (Fsp3) is 0.348. The lowest BCUT2D eigenvalue weighted by Gasteiger charge is -2.26. The minimum Gasteiger partial charge on any atom is -0.493 e. The Morgan fingerprint density at radius 3 is 2.35 bits per heavy atom. The summed E-state index contributed by atoms with van der Waals surface area (Å²) in [6.45, 7) is 1.84. The third-order valence-corrected chi connectivity index (χ3v) is 5.70. The smallest absolute Gasteiger partial charge is 0.405 e. The van der Waals surface area contributed by atoms with Crippen LogP contribution >= 0.6 is 0 Å². The molecular weight excluding hydrogens is 453 g/mol. The highest BCUT2D eigenvalue weighted by Crippen LogP contribution is 2.37. The number of ether oxygens (including phenoxy) is 2. The van der Waals surface area contributed by atoms with Gasteiger partial charge in [-0.05, 0) is 24.1 Å². The number of aromatic amines is 1. The fourth-order valence-corrected chi connectivity index (χ4v) is 4.24. The number of fused-ring (bicyclic) bond motifs is 5. The first-order valence-electron chi connectivity index (χ1n) is 10.5. The van der Waals surface area contributed by atoms with E-state index < -0.39 is 36.1 Å². The molecule has 8 nitrogen and oxygen atoms in total. The Morgan fingerprint density at radius 2 is 1.76 bits per heavy atom. The molecule has 1 amide bonds. The quantitative estimate of drug-likeness (QED) is 0.411. The molecule has 2 N–H and O–H groups in total. The molecule has 1 atom stereocenters. The number of hydrogen-bond donors (Lipinski definition) is 2. The van der Waals surface area contributed by atoms with Crippen LogP contribution in [0.4, 0.5) is 13.2 Å². The van der Waals surface area contributed by atoms with Crippen molar-refractivity contribution in [3.8, 4) is 11.5 Å². The van der Waals surface area contributed by atoms with E-state index >= 15 is 0 Å². The normalized spacial score (nSPS) is 13.1. The summed E-state index contributed by atoms with van der Waals surface area (Å²) in [5.41, 5.74) is 0.313. The van der Waals surface area contributed by atoms with Gasteiger partial charge in [-0.25, -0.2) is 4.98 Å². The van der Waals surface area contributed by atoms with Crippen LogP contribution in [0.15, 0.2) is 35.4 Å². The molecule has 0 saturated carbocycles. The standard InChI is InChI=1S/C23H23F3N4O4/c1-11(2)18(21(31)29-10-23(24,25)26)30-19-12-5-6-27-20(12)28-9-15(19)13-7-16(33-3)17(34-4)8-14(13)22(30)32/h5-9,11,18H,10H2,1-4H3,(H,27,28)(H,29,31)/t18-/m0/s1. The van der Waals surface area contributed by atoms with E-state index in [0.29, 0.717) is 38.8 Å². The van der Waals surface area contributed by atoms with E-state index in [1.54, 1.807) is 38.4 Å². The predicted octanol–water partition coefficient (Wildman–Crippen LogP) is 3.92. The Balaban J connectivity index is 2.12. The lowest BCUT2D eigenvalue weighted by molar-refractivity contribution is -0.141. The summed E-state index contributed by atoms with van der Waals surface area (Å²) in [5, 5.41) is 3.76. The maximum Gasteiger partial charge on any atom is 0.405 e. The van der Waals surface area contributed by atoms with Gasteiger partial charge in [-0.2, -0.15) is 13.2 Å². The number of amides is 1. The van der Waals surface area contributed by atoms with Gasteiger partial charge in [0, 0.05) is 28.6 Å². The van der Waals surface area contributed by atoms with Gasteiger partial charge in [-0.1, -0.05) is 13.8 Å². The summed E-state index contributed by atoms with van der Waals surface area (Å²) in [7, 11) is 2.89. The highest BCUT2D eigenvalue weighted by Gasteiger charge is 2.33. The minimum absolute atomic E-state index is 0.219. The molecule has 0 aliphatic rings. The van der Waals surface area contributed by atoms with Crippen LogP contribution in [0.5, 0.6) is 11.5 Å². The molecule has 0 spiro atoms. The number of pyridine rings is 2. The van der Waals surface area contributed by atoms with Crippen molar-refractivity contribution in [3.63, 3.8) is 0 Å². The largest absolute Gasteiger partial charge is 0.493 e. The molecule has 0 aliphatic heterocycles. The number of carbonyl (C=O) groups is 1. The number of nitrogens with one attached hydrogen (secondary N) is 2. The van der Waals surface area contributed by atoms with E-state index in [2.05, 4.69) is 9.97 Å². The summed E-state index contributed by atoms with van der Waals surface area (Å²) < 4.78 is 50.5. The molecule has 0 radical (unpaired) electrons. The fourth-order valence-electron chi connectivity index (χ4n) is 4.24. The third kappa shape index (κ3) is 3.91. The molecule has 0 unspecified atom stereocenters. The number of alkyl halides is 3. The SMILES string of the molecule is COc1cc2c(=O)n([C@H](C(=O)NCC(F)(F)F)C(C)C)c3c4cc[nH]c4ncc3c2cc1OC.